The fourth-order valence-electron chi connectivity index (χ4n) is 2.43. The first-order valence-corrected chi connectivity index (χ1v) is 7.40. The van der Waals surface area contributed by atoms with Gasteiger partial charge in [0.1, 0.15) is 6.04 Å². The van der Waals surface area contributed by atoms with Gasteiger partial charge in [-0.15, -0.1) is 0 Å². The minimum Gasteiger partial charge on any atom is -0.480 e. The van der Waals surface area contributed by atoms with Gasteiger partial charge in [-0.05, 0) is 37.5 Å². The van der Waals surface area contributed by atoms with Gasteiger partial charge in [-0.1, -0.05) is 22.9 Å². The second-order valence-electron chi connectivity index (χ2n) is 4.65. The molecule has 1 aromatic heterocycles. The summed E-state index contributed by atoms with van der Waals surface area (Å²) in [6.07, 6.45) is 2.66. The number of nitrogens with zero attached hydrogens (tertiary/aromatic N) is 2. The highest BCUT2D eigenvalue weighted by atomic mass is 35.5. The molecule has 6 heteroatoms. The summed E-state index contributed by atoms with van der Waals surface area (Å²) in [5.41, 5.74) is 0.874. The number of rotatable bonds is 2. The number of halogens is 1. The molecular formula is C13H13ClN2O2S. The molecule has 3 rings (SSSR count). The number of aliphatic carboxylic acids is 1. The van der Waals surface area contributed by atoms with Gasteiger partial charge in [-0.25, -0.2) is 9.78 Å². The summed E-state index contributed by atoms with van der Waals surface area (Å²) in [4.78, 5) is 17.8. The van der Waals surface area contributed by atoms with Crippen LogP contribution in [0.2, 0.25) is 5.02 Å². The molecule has 0 spiro atoms. The molecule has 1 fully saturated rings. The molecule has 0 aliphatic carbocycles. The standard InChI is InChI=1S/C13H13ClN2O2S/c14-8-4-5-9-11(7-8)19-13(15-9)16-6-2-1-3-10(16)12(17)18/h4-5,7,10H,1-3,6H2,(H,17,18)/t10-/m0/s1. The van der Waals surface area contributed by atoms with Crippen molar-refractivity contribution in [3.8, 4) is 0 Å². The van der Waals surface area contributed by atoms with Gasteiger partial charge in [0.2, 0.25) is 0 Å². The van der Waals surface area contributed by atoms with Crippen LogP contribution < -0.4 is 4.90 Å². The highest BCUT2D eigenvalue weighted by Crippen LogP contribution is 2.33. The van der Waals surface area contributed by atoms with E-state index in [1.807, 2.05) is 17.0 Å². The monoisotopic (exact) mass is 296 g/mol. The van der Waals surface area contributed by atoms with E-state index in [4.69, 9.17) is 11.6 Å². The summed E-state index contributed by atoms with van der Waals surface area (Å²) in [6, 6.07) is 5.10. The molecule has 19 heavy (non-hydrogen) atoms. The van der Waals surface area contributed by atoms with E-state index < -0.39 is 12.0 Å². The average Bonchev–Trinajstić information content (AvgIpc) is 2.81. The number of fused-ring (bicyclic) bond motifs is 1. The van der Waals surface area contributed by atoms with Crippen LogP contribution in [-0.2, 0) is 4.79 Å². The normalized spacial score (nSPS) is 19.8. The summed E-state index contributed by atoms with van der Waals surface area (Å²) in [5.74, 6) is -0.767. The van der Waals surface area contributed by atoms with E-state index in [1.54, 1.807) is 6.07 Å². The van der Waals surface area contributed by atoms with Crippen molar-refractivity contribution in [2.75, 3.05) is 11.4 Å². The van der Waals surface area contributed by atoms with Crippen LogP contribution in [0.15, 0.2) is 18.2 Å². The average molecular weight is 297 g/mol. The summed E-state index contributed by atoms with van der Waals surface area (Å²) in [5, 5.41) is 10.8. The van der Waals surface area contributed by atoms with Gasteiger partial charge >= 0.3 is 5.97 Å². The minimum absolute atomic E-state index is 0.454. The van der Waals surface area contributed by atoms with Crippen LogP contribution in [-0.4, -0.2) is 28.6 Å². The Morgan fingerprint density at radius 1 is 1.47 bits per heavy atom. The van der Waals surface area contributed by atoms with Gasteiger partial charge in [0, 0.05) is 11.6 Å². The van der Waals surface area contributed by atoms with Crippen LogP contribution in [0.5, 0.6) is 0 Å². The smallest absolute Gasteiger partial charge is 0.326 e. The maximum Gasteiger partial charge on any atom is 0.326 e. The number of thiazole rings is 1. The second kappa shape index (κ2) is 4.98. The topological polar surface area (TPSA) is 53.4 Å². The van der Waals surface area contributed by atoms with E-state index in [1.165, 1.54) is 11.3 Å². The molecule has 1 saturated heterocycles. The van der Waals surface area contributed by atoms with Gasteiger partial charge < -0.3 is 10.0 Å². The summed E-state index contributed by atoms with van der Waals surface area (Å²) < 4.78 is 0.997. The minimum atomic E-state index is -0.767. The zero-order valence-corrected chi connectivity index (χ0v) is 11.7. The Morgan fingerprint density at radius 2 is 2.32 bits per heavy atom. The Labute approximate surface area is 119 Å². The number of carboxylic acids is 1. The van der Waals surface area contributed by atoms with Crippen molar-refractivity contribution in [3.63, 3.8) is 0 Å². The molecule has 1 aliphatic heterocycles. The van der Waals surface area contributed by atoms with Crippen molar-refractivity contribution in [3.05, 3.63) is 23.2 Å². The van der Waals surface area contributed by atoms with Crippen LogP contribution in [0.4, 0.5) is 5.13 Å². The molecule has 100 valence electrons. The molecule has 0 unspecified atom stereocenters. The van der Waals surface area contributed by atoms with E-state index in [9.17, 15) is 9.90 Å². The van der Waals surface area contributed by atoms with Crippen LogP contribution in [0.1, 0.15) is 19.3 Å². The van der Waals surface area contributed by atoms with E-state index in [0.717, 1.165) is 34.7 Å². The molecule has 0 radical (unpaired) electrons. The zero-order valence-electron chi connectivity index (χ0n) is 10.2. The predicted molar refractivity (Wildman–Crippen MR) is 77.3 cm³/mol. The lowest BCUT2D eigenvalue weighted by atomic mass is 10.0. The molecular weight excluding hydrogens is 284 g/mol. The molecule has 1 aliphatic rings. The number of carbonyl (C=O) groups is 1. The molecule has 0 bridgehead atoms. The maximum atomic E-state index is 11.3. The lowest BCUT2D eigenvalue weighted by Crippen LogP contribution is -2.44. The Kier molecular flexibility index (Phi) is 3.33. The van der Waals surface area contributed by atoms with E-state index in [-0.39, 0.29) is 0 Å². The van der Waals surface area contributed by atoms with Crippen molar-refractivity contribution in [1.82, 2.24) is 4.98 Å². The Bertz CT molecular complexity index is 628. The van der Waals surface area contributed by atoms with Gasteiger partial charge in [-0.3, -0.25) is 0 Å². The third-order valence-corrected chi connectivity index (χ3v) is 4.66. The third kappa shape index (κ3) is 2.40. The predicted octanol–water partition coefficient (Wildman–Crippen LogP) is 3.39. The van der Waals surface area contributed by atoms with Crippen molar-refractivity contribution < 1.29 is 9.90 Å². The SMILES string of the molecule is O=C(O)[C@@H]1CCCCN1c1nc2ccc(Cl)cc2s1. The van der Waals surface area contributed by atoms with Crippen LogP contribution >= 0.6 is 22.9 Å². The number of hydrogen-bond acceptors (Lipinski definition) is 4. The Balaban J connectivity index is 1.99. The maximum absolute atomic E-state index is 11.3. The lowest BCUT2D eigenvalue weighted by molar-refractivity contribution is -0.139. The molecule has 1 atom stereocenters. The van der Waals surface area contributed by atoms with Gasteiger partial charge in [0.25, 0.3) is 0 Å². The first kappa shape index (κ1) is 12.7. The molecule has 1 aromatic carbocycles. The Morgan fingerprint density at radius 3 is 3.11 bits per heavy atom. The van der Waals surface area contributed by atoms with Gasteiger partial charge in [0.05, 0.1) is 10.2 Å². The van der Waals surface area contributed by atoms with Gasteiger partial charge in [-0.2, -0.15) is 0 Å². The third-order valence-electron chi connectivity index (χ3n) is 3.37. The van der Waals surface area contributed by atoms with Crippen molar-refractivity contribution >= 4 is 44.3 Å². The fraction of sp³-hybridized carbons (Fsp3) is 0.385. The van der Waals surface area contributed by atoms with Crippen molar-refractivity contribution in [2.45, 2.75) is 25.3 Å². The number of aromatic nitrogens is 1. The number of piperidine rings is 1. The molecule has 1 N–H and O–H groups in total. The van der Waals surface area contributed by atoms with Crippen molar-refractivity contribution in [1.29, 1.82) is 0 Å². The Hall–Kier alpha value is -1.33. The molecule has 0 amide bonds. The van der Waals surface area contributed by atoms with E-state index in [0.29, 0.717) is 11.4 Å². The number of hydrogen-bond donors (Lipinski definition) is 1. The molecule has 2 heterocycles. The number of carboxylic acid groups (broad SMARTS) is 1. The van der Waals surface area contributed by atoms with Crippen molar-refractivity contribution in [2.24, 2.45) is 0 Å². The molecule has 0 saturated carbocycles. The van der Waals surface area contributed by atoms with Crippen LogP contribution in [0.3, 0.4) is 0 Å². The van der Waals surface area contributed by atoms with Gasteiger partial charge in [0.15, 0.2) is 5.13 Å². The van der Waals surface area contributed by atoms with E-state index in [2.05, 4.69) is 4.98 Å². The van der Waals surface area contributed by atoms with E-state index >= 15 is 0 Å². The second-order valence-corrected chi connectivity index (χ2v) is 6.10. The quantitative estimate of drug-likeness (QED) is 0.923. The highest BCUT2D eigenvalue weighted by molar-refractivity contribution is 7.22. The largest absolute Gasteiger partial charge is 0.480 e. The van der Waals surface area contributed by atoms with Crippen LogP contribution in [0.25, 0.3) is 10.2 Å². The summed E-state index contributed by atoms with van der Waals surface area (Å²) >= 11 is 7.47. The zero-order chi connectivity index (χ0) is 13.4. The number of benzene rings is 1. The lowest BCUT2D eigenvalue weighted by Gasteiger charge is -2.32. The molecule has 2 aromatic rings. The first-order valence-electron chi connectivity index (χ1n) is 6.21. The summed E-state index contributed by atoms with van der Waals surface area (Å²) in [6.45, 7) is 0.754. The summed E-state index contributed by atoms with van der Waals surface area (Å²) in [7, 11) is 0. The van der Waals surface area contributed by atoms with Crippen LogP contribution in [0, 0.1) is 0 Å². The first-order chi connectivity index (χ1) is 9.15. The molecule has 4 nitrogen and oxygen atoms in total. The fourth-order valence-corrected chi connectivity index (χ4v) is 3.74. The number of anilines is 1. The highest BCUT2D eigenvalue weighted by Gasteiger charge is 2.30.